The van der Waals surface area contributed by atoms with E-state index in [0.29, 0.717) is 11.5 Å². The molecule has 0 aliphatic heterocycles. The summed E-state index contributed by atoms with van der Waals surface area (Å²) in [4.78, 5) is 9.93. The van der Waals surface area contributed by atoms with Gasteiger partial charge in [0.1, 0.15) is 11.2 Å². The van der Waals surface area contributed by atoms with Gasteiger partial charge in [-0.1, -0.05) is 91.0 Å². The maximum atomic E-state index is 5.83. The molecular formula is C30H19N3O. The van der Waals surface area contributed by atoms with E-state index >= 15 is 0 Å². The average Bonchev–Trinajstić information content (AvgIpc) is 3.51. The van der Waals surface area contributed by atoms with E-state index in [4.69, 9.17) is 14.4 Å². The monoisotopic (exact) mass is 437 g/mol. The Morgan fingerprint density at radius 2 is 1.12 bits per heavy atom. The van der Waals surface area contributed by atoms with Gasteiger partial charge in [0.15, 0.2) is 5.58 Å². The van der Waals surface area contributed by atoms with E-state index in [0.717, 1.165) is 33.4 Å². The third-order valence-electron chi connectivity index (χ3n) is 6.34. The predicted molar refractivity (Wildman–Crippen MR) is 137 cm³/mol. The lowest BCUT2D eigenvalue weighted by Crippen LogP contribution is -2.02. The fourth-order valence-corrected chi connectivity index (χ4v) is 4.74. The smallest absolute Gasteiger partial charge is 0.236 e. The molecule has 4 heteroatoms. The van der Waals surface area contributed by atoms with Gasteiger partial charge in [0.05, 0.1) is 17.3 Å². The number of aromatic nitrogens is 3. The van der Waals surface area contributed by atoms with Gasteiger partial charge in [0.25, 0.3) is 0 Å². The molecule has 0 amide bonds. The zero-order chi connectivity index (χ0) is 22.5. The minimum Gasteiger partial charge on any atom is -0.460 e. The highest BCUT2D eigenvalue weighted by molar-refractivity contribution is 6.09. The van der Waals surface area contributed by atoms with Crippen molar-refractivity contribution in [1.29, 1.82) is 0 Å². The Balaban J connectivity index is 1.46. The molecule has 0 aliphatic carbocycles. The Hall–Kier alpha value is -4.70. The first-order valence-electron chi connectivity index (χ1n) is 11.3. The molecule has 3 aromatic heterocycles. The minimum atomic E-state index is 0.633. The summed E-state index contributed by atoms with van der Waals surface area (Å²) in [6, 6.07) is 37.5. The zero-order valence-electron chi connectivity index (χ0n) is 18.2. The quantitative estimate of drug-likeness (QED) is 0.285. The summed E-state index contributed by atoms with van der Waals surface area (Å²) < 4.78 is 7.97. The summed E-state index contributed by atoms with van der Waals surface area (Å²) in [5, 5.41) is 2.37. The van der Waals surface area contributed by atoms with Crippen LogP contribution in [-0.2, 0) is 0 Å². The van der Waals surface area contributed by atoms with Crippen LogP contribution in [0.4, 0.5) is 0 Å². The van der Waals surface area contributed by atoms with E-state index in [1.807, 2.05) is 12.1 Å². The first-order valence-corrected chi connectivity index (χ1v) is 11.3. The van der Waals surface area contributed by atoms with Crippen molar-refractivity contribution >= 4 is 32.9 Å². The number of furan rings is 1. The van der Waals surface area contributed by atoms with Gasteiger partial charge in [-0.2, -0.15) is 0 Å². The molecule has 0 fully saturated rings. The molecular weight excluding hydrogens is 418 g/mol. The van der Waals surface area contributed by atoms with Crippen LogP contribution in [0.1, 0.15) is 0 Å². The summed E-state index contributed by atoms with van der Waals surface area (Å²) in [6.07, 6.45) is 1.68. The van der Waals surface area contributed by atoms with Gasteiger partial charge in [-0.05, 0) is 23.3 Å². The Morgan fingerprint density at radius 3 is 1.82 bits per heavy atom. The van der Waals surface area contributed by atoms with E-state index in [1.165, 1.54) is 16.3 Å². The molecule has 34 heavy (non-hydrogen) atoms. The van der Waals surface area contributed by atoms with Gasteiger partial charge in [0, 0.05) is 22.4 Å². The lowest BCUT2D eigenvalue weighted by molar-refractivity contribution is 0.614. The first kappa shape index (κ1) is 18.8. The summed E-state index contributed by atoms with van der Waals surface area (Å²) in [7, 11) is 0. The van der Waals surface area contributed by atoms with Crippen LogP contribution in [0.5, 0.6) is 0 Å². The summed E-state index contributed by atoms with van der Waals surface area (Å²) in [6.45, 7) is 0. The second kappa shape index (κ2) is 7.42. The molecule has 160 valence electrons. The van der Waals surface area contributed by atoms with Gasteiger partial charge < -0.3 is 4.42 Å². The molecule has 0 unspecified atom stereocenters. The number of hydrogen-bond acceptors (Lipinski definition) is 3. The number of fused-ring (bicyclic) bond motifs is 4. The molecule has 0 radical (unpaired) electrons. The van der Waals surface area contributed by atoms with E-state index in [1.54, 1.807) is 6.26 Å². The van der Waals surface area contributed by atoms with Crippen LogP contribution < -0.4 is 0 Å². The van der Waals surface area contributed by atoms with Gasteiger partial charge in [-0.3, -0.25) is 4.57 Å². The predicted octanol–water partition coefficient (Wildman–Crippen LogP) is 7.65. The van der Waals surface area contributed by atoms with Crippen LogP contribution in [0.25, 0.3) is 61.2 Å². The number of para-hydroxylation sites is 2. The van der Waals surface area contributed by atoms with Crippen molar-refractivity contribution in [2.75, 3.05) is 0 Å². The van der Waals surface area contributed by atoms with Crippen LogP contribution in [0.3, 0.4) is 0 Å². The van der Waals surface area contributed by atoms with E-state index in [9.17, 15) is 0 Å². The molecule has 0 atom stereocenters. The fourth-order valence-electron chi connectivity index (χ4n) is 4.74. The standard InChI is InChI=1S/C30H19N3O/c1-2-8-20(9-3-1)21-14-16-22(17-15-21)28-29-25(18-19-34-29)31-30(32-28)33-26-12-6-4-10-23(26)24-11-5-7-13-27(24)33/h1-19H. The van der Waals surface area contributed by atoms with Crippen LogP contribution in [0, 0.1) is 0 Å². The molecule has 7 rings (SSSR count). The normalized spacial score (nSPS) is 11.5. The van der Waals surface area contributed by atoms with Crippen molar-refractivity contribution in [2.24, 2.45) is 0 Å². The van der Waals surface area contributed by atoms with E-state index in [-0.39, 0.29) is 0 Å². The SMILES string of the molecule is c1ccc(-c2ccc(-c3nc(-n4c5ccccc5c5ccccc54)nc4ccoc34)cc2)cc1. The lowest BCUT2D eigenvalue weighted by Gasteiger charge is -2.10. The van der Waals surface area contributed by atoms with Crippen molar-refractivity contribution < 1.29 is 4.42 Å². The number of nitrogens with zero attached hydrogens (tertiary/aromatic N) is 3. The van der Waals surface area contributed by atoms with Crippen LogP contribution in [0.2, 0.25) is 0 Å². The van der Waals surface area contributed by atoms with Crippen molar-refractivity contribution in [3.8, 4) is 28.3 Å². The summed E-state index contributed by atoms with van der Waals surface area (Å²) in [5.74, 6) is 0.633. The molecule has 7 aromatic rings. The summed E-state index contributed by atoms with van der Waals surface area (Å²) in [5.41, 5.74) is 7.76. The van der Waals surface area contributed by atoms with E-state index < -0.39 is 0 Å². The van der Waals surface area contributed by atoms with Gasteiger partial charge in [0.2, 0.25) is 5.95 Å². The van der Waals surface area contributed by atoms with Gasteiger partial charge in [-0.25, -0.2) is 9.97 Å². The Bertz CT molecular complexity index is 1740. The second-order valence-corrected chi connectivity index (χ2v) is 8.32. The molecule has 0 spiro atoms. The maximum Gasteiger partial charge on any atom is 0.236 e. The topological polar surface area (TPSA) is 43.9 Å². The third kappa shape index (κ3) is 2.86. The molecule has 3 heterocycles. The Kier molecular flexibility index (Phi) is 4.11. The highest BCUT2D eigenvalue weighted by atomic mass is 16.3. The molecule has 0 saturated carbocycles. The number of benzene rings is 4. The molecule has 0 N–H and O–H groups in total. The van der Waals surface area contributed by atoms with Gasteiger partial charge >= 0.3 is 0 Å². The van der Waals surface area contributed by atoms with Crippen molar-refractivity contribution in [1.82, 2.24) is 14.5 Å². The van der Waals surface area contributed by atoms with Crippen molar-refractivity contribution in [3.63, 3.8) is 0 Å². The van der Waals surface area contributed by atoms with Crippen molar-refractivity contribution in [3.05, 3.63) is 115 Å². The Labute approximate surface area is 195 Å². The number of rotatable bonds is 3. The zero-order valence-corrected chi connectivity index (χ0v) is 18.2. The molecule has 4 aromatic carbocycles. The van der Waals surface area contributed by atoms with Crippen LogP contribution >= 0.6 is 0 Å². The molecule has 0 bridgehead atoms. The minimum absolute atomic E-state index is 0.633. The molecule has 4 nitrogen and oxygen atoms in total. The molecule has 0 aliphatic rings. The van der Waals surface area contributed by atoms with Crippen LogP contribution in [-0.4, -0.2) is 14.5 Å². The Morgan fingerprint density at radius 1 is 0.529 bits per heavy atom. The fraction of sp³-hybridized carbons (Fsp3) is 0. The highest BCUT2D eigenvalue weighted by Crippen LogP contribution is 2.34. The number of hydrogen-bond donors (Lipinski definition) is 0. The maximum absolute atomic E-state index is 5.83. The summed E-state index contributed by atoms with van der Waals surface area (Å²) >= 11 is 0. The first-order chi connectivity index (χ1) is 16.9. The van der Waals surface area contributed by atoms with Crippen LogP contribution in [0.15, 0.2) is 120 Å². The highest BCUT2D eigenvalue weighted by Gasteiger charge is 2.18. The second-order valence-electron chi connectivity index (χ2n) is 8.32. The average molecular weight is 438 g/mol. The van der Waals surface area contributed by atoms with Crippen molar-refractivity contribution in [2.45, 2.75) is 0 Å². The van der Waals surface area contributed by atoms with Gasteiger partial charge in [-0.15, -0.1) is 0 Å². The van der Waals surface area contributed by atoms with E-state index in [2.05, 4.69) is 102 Å². The lowest BCUT2D eigenvalue weighted by atomic mass is 10.0. The molecule has 0 saturated heterocycles. The third-order valence-corrected chi connectivity index (χ3v) is 6.34. The largest absolute Gasteiger partial charge is 0.460 e.